The highest BCUT2D eigenvalue weighted by Gasteiger charge is 2.16. The quantitative estimate of drug-likeness (QED) is 0.451. The molecule has 2 rings (SSSR count). The number of nitro groups is 1. The molecule has 1 amide bonds. The summed E-state index contributed by atoms with van der Waals surface area (Å²) in [6.45, 7) is 0. The number of hydrazone groups is 1. The molecule has 0 aliphatic rings. The first-order valence-electron chi connectivity index (χ1n) is 5.56. The largest absolute Gasteiger partial charge is 0.507 e. The molecule has 0 fully saturated rings. The average molecular weight is 307 g/mol. The minimum Gasteiger partial charge on any atom is -0.507 e. The van der Waals surface area contributed by atoms with Gasteiger partial charge in [0.05, 0.1) is 16.0 Å². The Hall–Kier alpha value is -2.94. The van der Waals surface area contributed by atoms with Crippen molar-refractivity contribution < 1.29 is 19.9 Å². The van der Waals surface area contributed by atoms with Gasteiger partial charge in [0.15, 0.2) is 5.75 Å². The molecule has 0 aliphatic heterocycles. The molecule has 0 spiro atoms. The third-order valence-corrected chi connectivity index (χ3v) is 3.30. The van der Waals surface area contributed by atoms with Gasteiger partial charge in [-0.15, -0.1) is 11.3 Å². The predicted molar refractivity (Wildman–Crippen MR) is 75.8 cm³/mol. The number of aromatic hydroxyl groups is 2. The summed E-state index contributed by atoms with van der Waals surface area (Å²) in [6, 6.07) is 5.10. The first-order valence-corrected chi connectivity index (χ1v) is 6.44. The number of thiophene rings is 1. The minimum absolute atomic E-state index is 0.00835. The van der Waals surface area contributed by atoms with E-state index >= 15 is 0 Å². The molecule has 0 bridgehead atoms. The molecule has 21 heavy (non-hydrogen) atoms. The Morgan fingerprint density at radius 1 is 1.38 bits per heavy atom. The number of carbonyl (C=O) groups is 1. The van der Waals surface area contributed by atoms with Crippen LogP contribution < -0.4 is 5.43 Å². The number of nitro benzene ring substituents is 1. The van der Waals surface area contributed by atoms with Gasteiger partial charge in [0.2, 0.25) is 0 Å². The number of benzene rings is 1. The fourth-order valence-corrected chi connectivity index (χ4v) is 2.07. The van der Waals surface area contributed by atoms with Crippen molar-refractivity contribution in [1.82, 2.24) is 5.43 Å². The fourth-order valence-electron chi connectivity index (χ4n) is 1.45. The van der Waals surface area contributed by atoms with Crippen LogP contribution in [0.1, 0.15) is 15.2 Å². The molecule has 0 radical (unpaired) electrons. The maximum absolute atomic E-state index is 11.6. The van der Waals surface area contributed by atoms with Crippen molar-refractivity contribution in [2.24, 2.45) is 5.10 Å². The van der Waals surface area contributed by atoms with Crippen molar-refractivity contribution in [3.05, 3.63) is 50.2 Å². The molecule has 8 nitrogen and oxygen atoms in total. The molecule has 0 saturated heterocycles. The molecule has 0 atom stereocenters. The molecule has 9 heteroatoms. The van der Waals surface area contributed by atoms with E-state index in [-0.39, 0.29) is 5.56 Å². The van der Waals surface area contributed by atoms with E-state index in [1.165, 1.54) is 11.3 Å². The molecular weight excluding hydrogens is 298 g/mol. The van der Waals surface area contributed by atoms with E-state index in [1.807, 2.05) is 0 Å². The van der Waals surface area contributed by atoms with Gasteiger partial charge < -0.3 is 10.2 Å². The van der Waals surface area contributed by atoms with E-state index in [4.69, 9.17) is 0 Å². The highest BCUT2D eigenvalue weighted by molar-refractivity contribution is 7.12. The van der Waals surface area contributed by atoms with E-state index < -0.39 is 28.0 Å². The monoisotopic (exact) mass is 307 g/mol. The molecule has 0 aliphatic carbocycles. The Labute approximate surface area is 122 Å². The zero-order valence-corrected chi connectivity index (χ0v) is 11.2. The Balaban J connectivity index is 2.15. The lowest BCUT2D eigenvalue weighted by molar-refractivity contribution is -0.385. The summed E-state index contributed by atoms with van der Waals surface area (Å²) in [4.78, 5) is 21.9. The molecule has 2 aromatic rings. The maximum atomic E-state index is 11.6. The van der Waals surface area contributed by atoms with Gasteiger partial charge in [0.25, 0.3) is 5.91 Å². The molecule has 1 aromatic heterocycles. The van der Waals surface area contributed by atoms with Gasteiger partial charge >= 0.3 is 5.69 Å². The normalized spacial score (nSPS) is 10.7. The molecule has 0 unspecified atom stereocenters. The summed E-state index contributed by atoms with van der Waals surface area (Å²) in [5.74, 6) is -1.49. The first-order chi connectivity index (χ1) is 9.99. The van der Waals surface area contributed by atoms with Crippen molar-refractivity contribution in [3.8, 4) is 11.5 Å². The van der Waals surface area contributed by atoms with Gasteiger partial charge in [-0.2, -0.15) is 5.10 Å². The lowest BCUT2D eigenvalue weighted by Crippen LogP contribution is -2.16. The second-order valence-corrected chi connectivity index (χ2v) is 4.78. The van der Waals surface area contributed by atoms with Crippen LogP contribution in [0.3, 0.4) is 0 Å². The van der Waals surface area contributed by atoms with Crippen molar-refractivity contribution in [1.29, 1.82) is 0 Å². The Morgan fingerprint density at radius 2 is 2.14 bits per heavy atom. The van der Waals surface area contributed by atoms with Crippen molar-refractivity contribution in [3.63, 3.8) is 0 Å². The highest BCUT2D eigenvalue weighted by Crippen LogP contribution is 2.31. The van der Waals surface area contributed by atoms with Crippen molar-refractivity contribution in [2.45, 2.75) is 0 Å². The van der Waals surface area contributed by atoms with Crippen LogP contribution in [0.4, 0.5) is 5.69 Å². The Kier molecular flexibility index (Phi) is 4.14. The minimum atomic E-state index is -0.795. The second kappa shape index (κ2) is 6.01. The fraction of sp³-hybridized carbons (Fsp3) is 0. The Bertz CT molecular complexity index is 712. The molecule has 0 saturated carbocycles. The van der Waals surface area contributed by atoms with E-state index in [2.05, 4.69) is 10.5 Å². The van der Waals surface area contributed by atoms with Crippen LogP contribution in [0.2, 0.25) is 0 Å². The summed E-state index contributed by atoms with van der Waals surface area (Å²) in [6.07, 6.45) is 1.05. The standard InChI is InChI=1S/C12H9N3O5S/c16-9-5-10(17)8(15(19)20)4-7(9)6-13-14-12(18)11-2-1-3-21-11/h1-6,16-17H,(H,14,18)/b13-6-. The maximum Gasteiger partial charge on any atom is 0.311 e. The zero-order chi connectivity index (χ0) is 15.4. The zero-order valence-electron chi connectivity index (χ0n) is 10.4. The van der Waals surface area contributed by atoms with E-state index in [1.54, 1.807) is 17.5 Å². The number of amides is 1. The number of hydrogen-bond donors (Lipinski definition) is 3. The SMILES string of the molecule is O=C(N/N=C\c1cc([N+](=O)[O-])c(O)cc1O)c1cccs1. The van der Waals surface area contributed by atoms with Crippen LogP contribution in [0.25, 0.3) is 0 Å². The van der Waals surface area contributed by atoms with Crippen LogP contribution in [-0.2, 0) is 0 Å². The van der Waals surface area contributed by atoms with Crippen LogP contribution in [-0.4, -0.2) is 27.3 Å². The smallest absolute Gasteiger partial charge is 0.311 e. The van der Waals surface area contributed by atoms with Crippen molar-refractivity contribution in [2.75, 3.05) is 0 Å². The van der Waals surface area contributed by atoms with Gasteiger partial charge in [0, 0.05) is 17.7 Å². The van der Waals surface area contributed by atoms with E-state index in [0.717, 1.165) is 18.3 Å². The second-order valence-electron chi connectivity index (χ2n) is 3.83. The van der Waals surface area contributed by atoms with Crippen LogP contribution in [0.15, 0.2) is 34.7 Å². The number of nitrogens with one attached hydrogen (secondary N) is 1. The molecule has 108 valence electrons. The summed E-state index contributed by atoms with van der Waals surface area (Å²) in [5, 5.41) is 34.9. The third-order valence-electron chi connectivity index (χ3n) is 2.44. The Morgan fingerprint density at radius 3 is 2.76 bits per heavy atom. The van der Waals surface area contributed by atoms with Crippen molar-refractivity contribution >= 4 is 29.1 Å². The number of rotatable bonds is 4. The number of phenols is 2. The van der Waals surface area contributed by atoms with Crippen LogP contribution >= 0.6 is 11.3 Å². The number of phenolic OH excluding ortho intramolecular Hbond substituents is 2. The summed E-state index contributed by atoms with van der Waals surface area (Å²) in [7, 11) is 0. The van der Waals surface area contributed by atoms with Gasteiger partial charge in [-0.25, -0.2) is 5.43 Å². The van der Waals surface area contributed by atoms with Crippen LogP contribution in [0, 0.1) is 10.1 Å². The summed E-state index contributed by atoms with van der Waals surface area (Å²) < 4.78 is 0. The summed E-state index contributed by atoms with van der Waals surface area (Å²) >= 11 is 1.23. The lowest BCUT2D eigenvalue weighted by atomic mass is 10.2. The molecule has 1 aromatic carbocycles. The van der Waals surface area contributed by atoms with Gasteiger partial charge in [0.1, 0.15) is 5.75 Å². The van der Waals surface area contributed by atoms with E-state index in [9.17, 15) is 25.1 Å². The molecule has 1 heterocycles. The first kappa shape index (κ1) is 14.5. The highest BCUT2D eigenvalue weighted by atomic mass is 32.1. The summed E-state index contributed by atoms with van der Waals surface area (Å²) in [5.41, 5.74) is 1.64. The van der Waals surface area contributed by atoms with E-state index in [0.29, 0.717) is 4.88 Å². The molecule has 3 N–H and O–H groups in total. The van der Waals surface area contributed by atoms with Gasteiger partial charge in [-0.05, 0) is 11.4 Å². The number of nitrogens with zero attached hydrogens (tertiary/aromatic N) is 2. The number of carbonyl (C=O) groups excluding carboxylic acids is 1. The predicted octanol–water partition coefficient (Wildman–Crippen LogP) is 1.83. The van der Waals surface area contributed by atoms with Crippen LogP contribution in [0.5, 0.6) is 11.5 Å². The lowest BCUT2D eigenvalue weighted by Gasteiger charge is -2.01. The molecular formula is C12H9N3O5S. The van der Waals surface area contributed by atoms with Gasteiger partial charge in [-0.1, -0.05) is 6.07 Å². The number of hydrogen-bond acceptors (Lipinski definition) is 7. The van der Waals surface area contributed by atoms with Gasteiger partial charge in [-0.3, -0.25) is 14.9 Å². The average Bonchev–Trinajstić information content (AvgIpc) is 2.94. The third kappa shape index (κ3) is 3.34. The topological polar surface area (TPSA) is 125 Å².